The van der Waals surface area contributed by atoms with Crippen molar-refractivity contribution in [2.24, 2.45) is 0 Å². The number of amides is 2. The number of carbonyl (C=O) groups is 2. The molecule has 1 aromatic heterocycles. The molecule has 7 heteroatoms. The molecule has 0 saturated heterocycles. The van der Waals surface area contributed by atoms with Crippen LogP contribution in [0.5, 0.6) is 11.5 Å². The number of methoxy groups -OCH3 is 2. The molecule has 2 N–H and O–H groups in total. The SMILES string of the molecule is COc1cc(OC)cc(C(=O)Nc2ccc(CC(=O)NCc3cccs3)cc2)c1. The fourth-order valence-electron chi connectivity index (χ4n) is 2.69. The molecule has 1 heterocycles. The van der Waals surface area contributed by atoms with E-state index in [2.05, 4.69) is 10.6 Å². The second kappa shape index (κ2) is 9.75. The van der Waals surface area contributed by atoms with Gasteiger partial charge in [0, 0.05) is 22.2 Å². The van der Waals surface area contributed by atoms with E-state index in [0.717, 1.165) is 10.4 Å². The van der Waals surface area contributed by atoms with E-state index < -0.39 is 0 Å². The van der Waals surface area contributed by atoms with Crippen LogP contribution in [0.2, 0.25) is 0 Å². The lowest BCUT2D eigenvalue weighted by atomic mass is 10.1. The van der Waals surface area contributed by atoms with Crippen molar-refractivity contribution in [1.82, 2.24) is 5.32 Å². The molecule has 0 aliphatic carbocycles. The lowest BCUT2D eigenvalue weighted by Gasteiger charge is -2.10. The highest BCUT2D eigenvalue weighted by molar-refractivity contribution is 7.09. The molecule has 2 aromatic carbocycles. The molecule has 0 fully saturated rings. The summed E-state index contributed by atoms with van der Waals surface area (Å²) in [4.78, 5) is 25.7. The third kappa shape index (κ3) is 5.83. The van der Waals surface area contributed by atoms with Crippen molar-refractivity contribution < 1.29 is 19.1 Å². The Hall–Kier alpha value is -3.32. The van der Waals surface area contributed by atoms with E-state index in [9.17, 15) is 9.59 Å². The first kappa shape index (κ1) is 20.4. The number of nitrogens with one attached hydrogen (secondary N) is 2. The average molecular weight is 410 g/mol. The van der Waals surface area contributed by atoms with Gasteiger partial charge in [0.2, 0.25) is 5.91 Å². The molecule has 0 atom stereocenters. The average Bonchev–Trinajstić information content (AvgIpc) is 3.27. The number of anilines is 1. The second-order valence-corrected chi connectivity index (χ2v) is 7.32. The molecule has 150 valence electrons. The number of benzene rings is 2. The Kier molecular flexibility index (Phi) is 6.86. The fourth-order valence-corrected chi connectivity index (χ4v) is 3.34. The first-order valence-corrected chi connectivity index (χ1v) is 9.88. The van der Waals surface area contributed by atoms with E-state index in [-0.39, 0.29) is 18.2 Å². The number of carbonyl (C=O) groups excluding carboxylic acids is 2. The van der Waals surface area contributed by atoms with Crippen LogP contribution in [-0.2, 0) is 17.8 Å². The van der Waals surface area contributed by atoms with Gasteiger partial charge >= 0.3 is 0 Å². The summed E-state index contributed by atoms with van der Waals surface area (Å²) >= 11 is 1.61. The molecular weight excluding hydrogens is 388 g/mol. The first-order chi connectivity index (χ1) is 14.1. The molecule has 0 aliphatic rings. The molecule has 6 nitrogen and oxygen atoms in total. The summed E-state index contributed by atoms with van der Waals surface area (Å²) in [7, 11) is 3.07. The fraction of sp³-hybridized carbons (Fsp3) is 0.182. The van der Waals surface area contributed by atoms with Gasteiger partial charge < -0.3 is 20.1 Å². The van der Waals surface area contributed by atoms with Gasteiger partial charge in [-0.3, -0.25) is 9.59 Å². The summed E-state index contributed by atoms with van der Waals surface area (Å²) in [6.45, 7) is 0.536. The highest BCUT2D eigenvalue weighted by atomic mass is 32.1. The highest BCUT2D eigenvalue weighted by Crippen LogP contribution is 2.23. The van der Waals surface area contributed by atoms with Crippen LogP contribution in [0.4, 0.5) is 5.69 Å². The van der Waals surface area contributed by atoms with Gasteiger partial charge in [-0.25, -0.2) is 0 Å². The zero-order chi connectivity index (χ0) is 20.6. The van der Waals surface area contributed by atoms with E-state index in [4.69, 9.17) is 9.47 Å². The van der Waals surface area contributed by atoms with E-state index in [1.54, 1.807) is 41.7 Å². The normalized spacial score (nSPS) is 10.3. The quantitative estimate of drug-likeness (QED) is 0.591. The Morgan fingerprint density at radius 1 is 0.966 bits per heavy atom. The van der Waals surface area contributed by atoms with Crippen molar-refractivity contribution in [1.29, 1.82) is 0 Å². The zero-order valence-electron chi connectivity index (χ0n) is 16.2. The summed E-state index contributed by atoms with van der Waals surface area (Å²) in [5.41, 5.74) is 1.94. The van der Waals surface area contributed by atoms with Crippen molar-refractivity contribution in [3.8, 4) is 11.5 Å². The summed E-state index contributed by atoms with van der Waals surface area (Å²) in [5.74, 6) is 0.763. The van der Waals surface area contributed by atoms with Crippen molar-refractivity contribution >= 4 is 28.8 Å². The predicted molar refractivity (Wildman–Crippen MR) is 114 cm³/mol. The minimum Gasteiger partial charge on any atom is -0.497 e. The lowest BCUT2D eigenvalue weighted by molar-refractivity contribution is -0.120. The van der Waals surface area contributed by atoms with E-state index in [1.165, 1.54) is 14.2 Å². The monoisotopic (exact) mass is 410 g/mol. The zero-order valence-corrected chi connectivity index (χ0v) is 17.0. The Morgan fingerprint density at radius 3 is 2.24 bits per heavy atom. The Morgan fingerprint density at radius 2 is 1.66 bits per heavy atom. The molecule has 3 aromatic rings. The van der Waals surface area contributed by atoms with Gasteiger partial charge in [-0.05, 0) is 41.3 Å². The van der Waals surface area contributed by atoms with Gasteiger partial charge in [-0.1, -0.05) is 18.2 Å². The molecule has 0 radical (unpaired) electrons. The van der Waals surface area contributed by atoms with Crippen molar-refractivity contribution in [2.45, 2.75) is 13.0 Å². The number of thiophene rings is 1. The number of hydrogen-bond donors (Lipinski definition) is 2. The highest BCUT2D eigenvalue weighted by Gasteiger charge is 2.11. The molecule has 0 saturated carbocycles. The minimum atomic E-state index is -0.274. The summed E-state index contributed by atoms with van der Waals surface area (Å²) < 4.78 is 10.4. The second-order valence-electron chi connectivity index (χ2n) is 6.29. The summed E-state index contributed by atoms with van der Waals surface area (Å²) in [6.07, 6.45) is 0.284. The van der Waals surface area contributed by atoms with Crippen LogP contribution in [0.15, 0.2) is 60.0 Å². The Labute approximate surface area is 173 Å². The van der Waals surface area contributed by atoms with E-state index in [1.807, 2.05) is 29.6 Å². The van der Waals surface area contributed by atoms with Crippen molar-refractivity contribution in [2.75, 3.05) is 19.5 Å². The molecule has 0 spiro atoms. The molecule has 0 unspecified atom stereocenters. The van der Waals surface area contributed by atoms with E-state index in [0.29, 0.717) is 29.3 Å². The largest absolute Gasteiger partial charge is 0.497 e. The van der Waals surface area contributed by atoms with Gasteiger partial charge in [0.1, 0.15) is 11.5 Å². The molecule has 0 aliphatic heterocycles. The van der Waals surface area contributed by atoms with Crippen LogP contribution >= 0.6 is 11.3 Å². The molecule has 0 bridgehead atoms. The number of rotatable bonds is 8. The van der Waals surface area contributed by atoms with Crippen molar-refractivity contribution in [3.63, 3.8) is 0 Å². The van der Waals surface area contributed by atoms with Crippen LogP contribution < -0.4 is 20.1 Å². The van der Waals surface area contributed by atoms with Crippen LogP contribution in [0.25, 0.3) is 0 Å². The maximum Gasteiger partial charge on any atom is 0.255 e. The lowest BCUT2D eigenvalue weighted by Crippen LogP contribution is -2.24. The molecule has 3 rings (SSSR count). The van der Waals surface area contributed by atoms with Gasteiger partial charge in [0.05, 0.1) is 27.2 Å². The maximum atomic E-state index is 12.5. The van der Waals surface area contributed by atoms with Crippen LogP contribution in [0.1, 0.15) is 20.8 Å². The van der Waals surface area contributed by atoms with Gasteiger partial charge in [-0.2, -0.15) is 0 Å². The Bertz CT molecular complexity index is 947. The topological polar surface area (TPSA) is 76.7 Å². The third-order valence-corrected chi connectivity index (χ3v) is 5.11. The number of ether oxygens (including phenoxy) is 2. The Balaban J connectivity index is 1.57. The smallest absolute Gasteiger partial charge is 0.255 e. The van der Waals surface area contributed by atoms with Gasteiger partial charge in [-0.15, -0.1) is 11.3 Å². The maximum absolute atomic E-state index is 12.5. The predicted octanol–water partition coefficient (Wildman–Crippen LogP) is 3.88. The van der Waals surface area contributed by atoms with Crippen LogP contribution in [-0.4, -0.2) is 26.0 Å². The van der Waals surface area contributed by atoms with Gasteiger partial charge in [0.25, 0.3) is 5.91 Å². The molecular formula is C22H22N2O4S. The summed E-state index contributed by atoms with van der Waals surface area (Å²) in [6, 6.07) is 16.1. The van der Waals surface area contributed by atoms with E-state index >= 15 is 0 Å². The van der Waals surface area contributed by atoms with Crippen molar-refractivity contribution in [3.05, 3.63) is 76.0 Å². The first-order valence-electron chi connectivity index (χ1n) is 9.00. The van der Waals surface area contributed by atoms with Gasteiger partial charge in [0.15, 0.2) is 0 Å². The standard InChI is InChI=1S/C22H22N2O4S/c1-27-18-11-16(12-19(13-18)28-2)22(26)24-17-7-5-15(6-8-17)10-21(25)23-14-20-4-3-9-29-20/h3-9,11-13H,10,14H2,1-2H3,(H,23,25)(H,24,26). The molecule has 29 heavy (non-hydrogen) atoms. The van der Waals surface area contributed by atoms with Crippen LogP contribution in [0.3, 0.4) is 0 Å². The van der Waals surface area contributed by atoms with Crippen LogP contribution in [0, 0.1) is 0 Å². The summed E-state index contributed by atoms with van der Waals surface area (Å²) in [5, 5.41) is 7.72. The molecule has 2 amide bonds. The number of hydrogen-bond acceptors (Lipinski definition) is 5. The minimum absolute atomic E-state index is 0.0429. The third-order valence-electron chi connectivity index (χ3n) is 4.23.